The van der Waals surface area contributed by atoms with Crippen molar-refractivity contribution in [3.8, 4) is 0 Å². The Morgan fingerprint density at radius 3 is 2.40 bits per heavy atom. The van der Waals surface area contributed by atoms with Gasteiger partial charge in [0.2, 0.25) is 0 Å². The van der Waals surface area contributed by atoms with Crippen LogP contribution in [-0.2, 0) is 9.53 Å². The molecule has 0 bridgehead atoms. The quantitative estimate of drug-likeness (QED) is 0.704. The molecule has 7 heteroatoms. The molecule has 88 valence electrons. The summed E-state index contributed by atoms with van der Waals surface area (Å²) in [7, 11) is 1.23. The first-order valence-electron chi connectivity index (χ1n) is 4.35. The van der Waals surface area contributed by atoms with E-state index in [-0.39, 0.29) is 18.8 Å². The molecular formula is C8H11ClF3NO2. The van der Waals surface area contributed by atoms with Gasteiger partial charge in [-0.2, -0.15) is 13.2 Å². The zero-order chi connectivity index (χ0) is 10.5. The van der Waals surface area contributed by atoms with E-state index in [1.807, 2.05) is 0 Å². The zero-order valence-corrected chi connectivity index (χ0v) is 8.69. The number of esters is 1. The lowest BCUT2D eigenvalue weighted by atomic mass is 10.1. The third kappa shape index (κ3) is 2.06. The molecule has 2 fully saturated rings. The zero-order valence-electron chi connectivity index (χ0n) is 7.88. The Bertz CT molecular complexity index is 259. The molecule has 2 aliphatic rings. The number of alkyl halides is 3. The number of halogens is 4. The molecule has 0 amide bonds. The smallest absolute Gasteiger partial charge is 0.393 e. The minimum absolute atomic E-state index is 0. The van der Waals surface area contributed by atoms with Gasteiger partial charge in [-0.05, 0) is 12.3 Å². The van der Waals surface area contributed by atoms with Crippen LogP contribution in [0.3, 0.4) is 0 Å². The molecule has 15 heavy (non-hydrogen) atoms. The summed E-state index contributed by atoms with van der Waals surface area (Å²) in [5.41, 5.74) is 0. The van der Waals surface area contributed by atoms with Crippen LogP contribution in [0.1, 0.15) is 6.42 Å². The van der Waals surface area contributed by atoms with Gasteiger partial charge < -0.3 is 10.1 Å². The van der Waals surface area contributed by atoms with Crippen LogP contribution in [-0.4, -0.2) is 31.3 Å². The number of rotatable bonds is 1. The highest BCUT2D eigenvalue weighted by Gasteiger charge is 2.68. The molecule has 0 aromatic carbocycles. The molecule has 1 saturated heterocycles. The second kappa shape index (κ2) is 3.83. The van der Waals surface area contributed by atoms with Gasteiger partial charge in [-0.1, -0.05) is 0 Å². The van der Waals surface area contributed by atoms with Gasteiger partial charge in [0.25, 0.3) is 0 Å². The van der Waals surface area contributed by atoms with Crippen LogP contribution in [0.15, 0.2) is 0 Å². The summed E-state index contributed by atoms with van der Waals surface area (Å²) in [6.07, 6.45) is -3.90. The van der Waals surface area contributed by atoms with E-state index in [0.29, 0.717) is 0 Å². The summed E-state index contributed by atoms with van der Waals surface area (Å²) in [6, 6.07) is -1.12. The predicted octanol–water partition coefficient (Wildman–Crippen LogP) is 1.12. The molecule has 1 saturated carbocycles. The Kier molecular flexibility index (Phi) is 3.21. The monoisotopic (exact) mass is 245 g/mol. The minimum Gasteiger partial charge on any atom is -0.468 e. The summed E-state index contributed by atoms with van der Waals surface area (Å²) in [4.78, 5) is 11.0. The second-order valence-corrected chi connectivity index (χ2v) is 3.74. The number of carbonyl (C=O) groups is 1. The second-order valence-electron chi connectivity index (χ2n) is 3.74. The third-order valence-corrected chi connectivity index (χ3v) is 2.93. The van der Waals surface area contributed by atoms with E-state index < -0.39 is 36.1 Å². The van der Waals surface area contributed by atoms with Crippen LogP contribution in [0, 0.1) is 11.8 Å². The van der Waals surface area contributed by atoms with Gasteiger partial charge >= 0.3 is 12.1 Å². The van der Waals surface area contributed by atoms with Crippen molar-refractivity contribution in [2.24, 2.45) is 11.8 Å². The van der Waals surface area contributed by atoms with Crippen LogP contribution in [0.2, 0.25) is 0 Å². The average molecular weight is 246 g/mol. The highest BCUT2D eigenvalue weighted by atomic mass is 35.5. The Hall–Kier alpha value is -0.490. The fraction of sp³-hybridized carbons (Fsp3) is 0.875. The number of hydrogen-bond acceptors (Lipinski definition) is 3. The Balaban J connectivity index is 0.00000112. The lowest BCUT2D eigenvalue weighted by Gasteiger charge is -2.14. The first kappa shape index (κ1) is 12.6. The third-order valence-electron chi connectivity index (χ3n) is 2.93. The molecular weight excluding hydrogens is 235 g/mol. The number of hydrogen-bond donors (Lipinski definition) is 1. The first-order valence-corrected chi connectivity index (χ1v) is 4.35. The van der Waals surface area contributed by atoms with Crippen LogP contribution in [0.25, 0.3) is 0 Å². The fourth-order valence-electron chi connectivity index (χ4n) is 2.22. The maximum atomic E-state index is 12.2. The molecule has 2 rings (SSSR count). The number of nitrogens with one attached hydrogen (secondary N) is 1. The molecule has 1 heterocycles. The van der Waals surface area contributed by atoms with Crippen LogP contribution in [0.5, 0.6) is 0 Å². The number of carbonyl (C=O) groups excluding carboxylic acids is 1. The van der Waals surface area contributed by atoms with Crippen molar-refractivity contribution in [1.29, 1.82) is 0 Å². The Morgan fingerprint density at radius 2 is 2.07 bits per heavy atom. The van der Waals surface area contributed by atoms with Gasteiger partial charge in [0.1, 0.15) is 6.04 Å². The maximum Gasteiger partial charge on any atom is 0.393 e. The predicted molar refractivity (Wildman–Crippen MR) is 47.6 cm³/mol. The SMILES string of the molecule is COC(=O)[C@@H]1C[C@@H]2C(C(F)(F)F)[C@@H]2N1.Cl. The van der Waals surface area contributed by atoms with E-state index >= 15 is 0 Å². The molecule has 1 aliphatic carbocycles. The molecule has 0 aromatic rings. The summed E-state index contributed by atoms with van der Waals surface area (Å²) in [5.74, 6) is -2.17. The highest BCUT2D eigenvalue weighted by Crippen LogP contribution is 2.55. The van der Waals surface area contributed by atoms with E-state index in [2.05, 4.69) is 10.1 Å². The van der Waals surface area contributed by atoms with E-state index in [1.54, 1.807) is 0 Å². The van der Waals surface area contributed by atoms with E-state index in [4.69, 9.17) is 0 Å². The van der Waals surface area contributed by atoms with E-state index in [9.17, 15) is 18.0 Å². The van der Waals surface area contributed by atoms with Gasteiger partial charge in [-0.15, -0.1) is 12.4 Å². The summed E-state index contributed by atoms with van der Waals surface area (Å²) >= 11 is 0. The largest absolute Gasteiger partial charge is 0.468 e. The van der Waals surface area contributed by atoms with Crippen molar-refractivity contribution >= 4 is 18.4 Å². The van der Waals surface area contributed by atoms with Crippen molar-refractivity contribution in [3.63, 3.8) is 0 Å². The van der Waals surface area contributed by atoms with Crippen LogP contribution < -0.4 is 5.32 Å². The van der Waals surface area contributed by atoms with Crippen LogP contribution in [0.4, 0.5) is 13.2 Å². The van der Waals surface area contributed by atoms with Crippen LogP contribution >= 0.6 is 12.4 Å². The highest BCUT2D eigenvalue weighted by molar-refractivity contribution is 5.85. The van der Waals surface area contributed by atoms with Crippen molar-refractivity contribution in [2.75, 3.05) is 7.11 Å². The van der Waals surface area contributed by atoms with Gasteiger partial charge in [-0.3, -0.25) is 4.79 Å². The normalized spacial score (nSPS) is 37.9. The standard InChI is InChI=1S/C8H10F3NO2.ClH/c1-14-7(13)4-2-3-5(6(3)12-4)8(9,10)11;/h3-6,12H,2H2,1H3;1H/t3-,4+,5?,6-;/m1./s1. The first-order chi connectivity index (χ1) is 6.45. The molecule has 0 spiro atoms. The number of piperidine rings is 1. The fourth-order valence-corrected chi connectivity index (χ4v) is 2.22. The Labute approximate surface area is 90.8 Å². The van der Waals surface area contributed by atoms with E-state index in [0.717, 1.165) is 0 Å². The lowest BCUT2D eigenvalue weighted by molar-refractivity contribution is -0.157. The molecule has 1 unspecified atom stereocenters. The number of fused-ring (bicyclic) bond motifs is 1. The summed E-state index contributed by atoms with van der Waals surface area (Å²) < 4.78 is 41.1. The number of methoxy groups -OCH3 is 1. The van der Waals surface area contributed by atoms with Crippen molar-refractivity contribution < 1.29 is 22.7 Å². The summed E-state index contributed by atoms with van der Waals surface area (Å²) in [6.45, 7) is 0. The Morgan fingerprint density at radius 1 is 1.47 bits per heavy atom. The maximum absolute atomic E-state index is 12.2. The molecule has 0 aromatic heterocycles. The lowest BCUT2D eigenvalue weighted by Crippen LogP contribution is -2.38. The van der Waals surface area contributed by atoms with Gasteiger partial charge in [0, 0.05) is 6.04 Å². The summed E-state index contributed by atoms with van der Waals surface area (Å²) in [5, 5.41) is 2.64. The topological polar surface area (TPSA) is 38.3 Å². The number of ether oxygens (including phenoxy) is 1. The molecule has 1 N–H and O–H groups in total. The van der Waals surface area contributed by atoms with Gasteiger partial charge in [-0.25, -0.2) is 0 Å². The van der Waals surface area contributed by atoms with Crippen molar-refractivity contribution in [1.82, 2.24) is 5.32 Å². The van der Waals surface area contributed by atoms with Crippen molar-refractivity contribution in [2.45, 2.75) is 24.7 Å². The molecule has 0 radical (unpaired) electrons. The van der Waals surface area contributed by atoms with Gasteiger partial charge in [0.05, 0.1) is 13.0 Å². The van der Waals surface area contributed by atoms with Gasteiger partial charge in [0.15, 0.2) is 0 Å². The van der Waals surface area contributed by atoms with Crippen molar-refractivity contribution in [3.05, 3.63) is 0 Å². The van der Waals surface area contributed by atoms with E-state index in [1.165, 1.54) is 7.11 Å². The molecule has 4 atom stereocenters. The molecule has 3 nitrogen and oxygen atoms in total. The minimum atomic E-state index is -4.14. The average Bonchev–Trinajstić information content (AvgIpc) is 2.63. The molecule has 1 aliphatic heterocycles.